The summed E-state index contributed by atoms with van der Waals surface area (Å²) in [4.78, 5) is 0. The topological polar surface area (TPSA) is 20.2 Å². The van der Waals surface area contributed by atoms with Crippen molar-refractivity contribution in [2.45, 2.75) is 45.6 Å². The van der Waals surface area contributed by atoms with Gasteiger partial charge in [0.2, 0.25) is 0 Å². The van der Waals surface area contributed by atoms with Crippen LogP contribution >= 0.6 is 0 Å². The van der Waals surface area contributed by atoms with Gasteiger partial charge in [0.15, 0.2) is 0 Å². The number of aryl methyl sites for hydroxylation is 3. The summed E-state index contributed by atoms with van der Waals surface area (Å²) in [6, 6.07) is 12.8. The first-order chi connectivity index (χ1) is 9.47. The Morgan fingerprint density at radius 3 is 1.95 bits per heavy atom. The lowest BCUT2D eigenvalue weighted by Crippen LogP contribution is -2.32. The van der Waals surface area contributed by atoms with Crippen molar-refractivity contribution >= 4 is 0 Å². The summed E-state index contributed by atoms with van der Waals surface area (Å²) in [6.45, 7) is 6.44. The van der Waals surface area contributed by atoms with E-state index in [2.05, 4.69) is 57.2 Å². The van der Waals surface area contributed by atoms with Crippen LogP contribution in [0.4, 0.5) is 0 Å². The van der Waals surface area contributed by atoms with Crippen molar-refractivity contribution in [3.63, 3.8) is 0 Å². The van der Waals surface area contributed by atoms with Crippen LogP contribution in [0, 0.1) is 20.8 Å². The maximum atomic E-state index is 11.0. The number of hydrogen-bond donors (Lipinski definition) is 1. The monoisotopic (exact) mass is 266 g/mol. The molecule has 0 unspecified atom stereocenters. The molecule has 3 rings (SSSR count). The van der Waals surface area contributed by atoms with Gasteiger partial charge in [-0.3, -0.25) is 0 Å². The van der Waals surface area contributed by atoms with Crippen molar-refractivity contribution in [2.75, 3.05) is 0 Å². The van der Waals surface area contributed by atoms with Gasteiger partial charge >= 0.3 is 0 Å². The molecule has 0 aliphatic heterocycles. The number of hydrogen-bond acceptors (Lipinski definition) is 1. The van der Waals surface area contributed by atoms with E-state index >= 15 is 0 Å². The number of fused-ring (bicyclic) bond motifs is 1. The SMILES string of the molecule is Cc1cc(C)c(CC2(O)Cc3ccccc3C2)c(C)c1. The molecule has 0 fully saturated rings. The first-order valence-electron chi connectivity index (χ1n) is 7.33. The molecule has 0 spiro atoms. The summed E-state index contributed by atoms with van der Waals surface area (Å²) in [6.07, 6.45) is 2.30. The quantitative estimate of drug-likeness (QED) is 0.879. The molecule has 1 aliphatic carbocycles. The van der Waals surface area contributed by atoms with Gasteiger partial charge in [0, 0.05) is 19.3 Å². The Balaban J connectivity index is 1.90. The van der Waals surface area contributed by atoms with E-state index in [0.29, 0.717) is 0 Å². The van der Waals surface area contributed by atoms with Crippen LogP contribution < -0.4 is 0 Å². The highest BCUT2D eigenvalue weighted by molar-refractivity contribution is 5.41. The zero-order valence-electron chi connectivity index (χ0n) is 12.5. The van der Waals surface area contributed by atoms with E-state index in [-0.39, 0.29) is 0 Å². The van der Waals surface area contributed by atoms with Crippen molar-refractivity contribution in [2.24, 2.45) is 0 Å². The average Bonchev–Trinajstić information content (AvgIpc) is 2.70. The highest BCUT2D eigenvalue weighted by Gasteiger charge is 2.35. The van der Waals surface area contributed by atoms with Crippen molar-refractivity contribution in [1.82, 2.24) is 0 Å². The second kappa shape index (κ2) is 4.75. The van der Waals surface area contributed by atoms with Crippen LogP contribution in [0.15, 0.2) is 36.4 Å². The molecule has 0 aromatic heterocycles. The largest absolute Gasteiger partial charge is 0.389 e. The first-order valence-corrected chi connectivity index (χ1v) is 7.33. The average molecular weight is 266 g/mol. The molecule has 0 amide bonds. The minimum Gasteiger partial charge on any atom is -0.389 e. The predicted molar refractivity (Wildman–Crippen MR) is 83.2 cm³/mol. The van der Waals surface area contributed by atoms with Crippen LogP contribution in [0.3, 0.4) is 0 Å². The molecule has 0 radical (unpaired) electrons. The zero-order valence-corrected chi connectivity index (χ0v) is 12.5. The molecule has 0 atom stereocenters. The Labute approximate surface area is 121 Å². The number of rotatable bonds is 2. The van der Waals surface area contributed by atoms with Crippen LogP contribution in [0.25, 0.3) is 0 Å². The fraction of sp³-hybridized carbons (Fsp3) is 0.368. The van der Waals surface area contributed by atoms with Gasteiger partial charge < -0.3 is 5.11 Å². The summed E-state index contributed by atoms with van der Waals surface area (Å²) < 4.78 is 0. The molecule has 1 N–H and O–H groups in total. The van der Waals surface area contributed by atoms with Gasteiger partial charge in [-0.25, -0.2) is 0 Å². The van der Waals surface area contributed by atoms with Crippen molar-refractivity contribution < 1.29 is 5.11 Å². The molecule has 0 heterocycles. The minimum absolute atomic E-state index is 0.617. The van der Waals surface area contributed by atoms with E-state index in [9.17, 15) is 5.11 Å². The molecule has 0 bridgehead atoms. The van der Waals surface area contributed by atoms with Crippen molar-refractivity contribution in [3.8, 4) is 0 Å². The maximum Gasteiger partial charge on any atom is 0.0768 e. The van der Waals surface area contributed by atoms with Gasteiger partial charge in [0.1, 0.15) is 0 Å². The van der Waals surface area contributed by atoms with Crippen LogP contribution in [0.2, 0.25) is 0 Å². The Morgan fingerprint density at radius 1 is 0.950 bits per heavy atom. The van der Waals surface area contributed by atoms with Gasteiger partial charge in [-0.1, -0.05) is 42.0 Å². The summed E-state index contributed by atoms with van der Waals surface area (Å²) in [5.74, 6) is 0. The van der Waals surface area contributed by atoms with E-state index in [1.807, 2.05) is 0 Å². The molecule has 2 aromatic carbocycles. The van der Waals surface area contributed by atoms with Gasteiger partial charge in [-0.2, -0.15) is 0 Å². The van der Waals surface area contributed by atoms with Gasteiger partial charge in [-0.15, -0.1) is 0 Å². The number of aliphatic hydroxyl groups is 1. The predicted octanol–water partition coefficient (Wildman–Crippen LogP) is 3.68. The summed E-state index contributed by atoms with van der Waals surface area (Å²) in [5, 5.41) is 11.0. The van der Waals surface area contributed by atoms with E-state index in [4.69, 9.17) is 0 Å². The molecule has 0 saturated carbocycles. The van der Waals surface area contributed by atoms with Crippen LogP contribution in [0.1, 0.15) is 33.4 Å². The third-order valence-electron chi connectivity index (χ3n) is 4.50. The Morgan fingerprint density at radius 2 is 1.45 bits per heavy atom. The lowest BCUT2D eigenvalue weighted by molar-refractivity contribution is 0.0515. The molecule has 1 aliphatic rings. The van der Waals surface area contributed by atoms with Crippen LogP contribution in [-0.4, -0.2) is 10.7 Å². The van der Waals surface area contributed by atoms with Gasteiger partial charge in [0.25, 0.3) is 0 Å². The zero-order chi connectivity index (χ0) is 14.3. The highest BCUT2D eigenvalue weighted by atomic mass is 16.3. The molecule has 0 saturated heterocycles. The lowest BCUT2D eigenvalue weighted by Gasteiger charge is -2.25. The summed E-state index contributed by atoms with van der Waals surface area (Å²) >= 11 is 0. The standard InChI is InChI=1S/C19H22O/c1-13-8-14(2)18(15(3)9-13)12-19(20)10-16-6-4-5-7-17(16)11-19/h4-9,20H,10-12H2,1-3H3. The molecule has 1 heteroatoms. The van der Waals surface area contributed by atoms with Crippen LogP contribution in [0.5, 0.6) is 0 Å². The number of benzene rings is 2. The Bertz CT molecular complexity index is 607. The summed E-state index contributed by atoms with van der Waals surface area (Å²) in [5.41, 5.74) is 7.19. The molecular formula is C19H22O. The second-order valence-corrected chi connectivity index (χ2v) is 6.40. The Hall–Kier alpha value is -1.60. The third kappa shape index (κ3) is 2.38. The second-order valence-electron chi connectivity index (χ2n) is 6.40. The van der Waals surface area contributed by atoms with Crippen molar-refractivity contribution in [3.05, 3.63) is 69.8 Å². The first kappa shape index (κ1) is 13.4. The third-order valence-corrected chi connectivity index (χ3v) is 4.50. The van der Waals surface area contributed by atoms with Gasteiger partial charge in [0.05, 0.1) is 5.60 Å². The minimum atomic E-state index is -0.617. The highest BCUT2D eigenvalue weighted by Crippen LogP contribution is 2.34. The molecular weight excluding hydrogens is 244 g/mol. The van der Waals surface area contributed by atoms with Gasteiger partial charge in [-0.05, 0) is 48.6 Å². The fourth-order valence-electron chi connectivity index (χ4n) is 3.62. The maximum absolute atomic E-state index is 11.0. The normalized spacial score (nSPS) is 16.2. The molecule has 20 heavy (non-hydrogen) atoms. The molecule has 1 nitrogen and oxygen atoms in total. The van der Waals surface area contributed by atoms with E-state index in [1.54, 1.807) is 0 Å². The van der Waals surface area contributed by atoms with Crippen molar-refractivity contribution in [1.29, 1.82) is 0 Å². The van der Waals surface area contributed by atoms with E-state index < -0.39 is 5.60 Å². The molecule has 104 valence electrons. The molecule has 2 aromatic rings. The van der Waals surface area contributed by atoms with E-state index in [1.165, 1.54) is 33.4 Å². The Kier molecular flexibility index (Phi) is 3.18. The fourth-order valence-corrected chi connectivity index (χ4v) is 3.62. The summed E-state index contributed by atoms with van der Waals surface area (Å²) in [7, 11) is 0. The smallest absolute Gasteiger partial charge is 0.0768 e. The lowest BCUT2D eigenvalue weighted by atomic mass is 9.86. The van der Waals surface area contributed by atoms with E-state index in [0.717, 1.165) is 19.3 Å². The van der Waals surface area contributed by atoms with Crippen LogP contribution in [-0.2, 0) is 19.3 Å².